The molecular formula is C19H42N2O2. The predicted octanol–water partition coefficient (Wildman–Crippen LogP) is 3.87. The van der Waals surface area contributed by atoms with Gasteiger partial charge in [0.05, 0.1) is 11.7 Å². The second-order valence-corrected chi connectivity index (χ2v) is 8.08. The fourth-order valence-electron chi connectivity index (χ4n) is 2.53. The van der Waals surface area contributed by atoms with E-state index in [0.717, 1.165) is 58.3 Å². The van der Waals surface area contributed by atoms with Crippen molar-refractivity contribution in [1.29, 1.82) is 0 Å². The third-order valence-electron chi connectivity index (χ3n) is 4.07. The minimum absolute atomic E-state index is 0.0531. The second kappa shape index (κ2) is 12.2. The molecule has 23 heavy (non-hydrogen) atoms. The summed E-state index contributed by atoms with van der Waals surface area (Å²) < 4.78 is 11.9. The molecule has 0 bridgehead atoms. The van der Waals surface area contributed by atoms with E-state index in [1.165, 1.54) is 6.42 Å². The summed E-state index contributed by atoms with van der Waals surface area (Å²) in [5.74, 6) is 0. The third-order valence-corrected chi connectivity index (χ3v) is 4.07. The summed E-state index contributed by atoms with van der Waals surface area (Å²) in [6.45, 7) is 13.4. The van der Waals surface area contributed by atoms with Crippen molar-refractivity contribution in [3.8, 4) is 0 Å². The summed E-state index contributed by atoms with van der Waals surface area (Å²) in [6.07, 6.45) is 7.98. The summed E-state index contributed by atoms with van der Waals surface area (Å²) in [5, 5.41) is 3.16. The number of nitrogens with two attached hydrogens (primary N) is 1. The van der Waals surface area contributed by atoms with Crippen molar-refractivity contribution in [1.82, 2.24) is 5.32 Å². The highest BCUT2D eigenvalue weighted by Gasteiger charge is 2.20. The largest absolute Gasteiger partial charge is 0.379 e. The molecule has 0 aromatic heterocycles. The highest BCUT2D eigenvalue weighted by atomic mass is 16.5. The van der Waals surface area contributed by atoms with Crippen molar-refractivity contribution in [2.75, 3.05) is 26.8 Å². The smallest absolute Gasteiger partial charge is 0.0626 e. The zero-order valence-corrected chi connectivity index (χ0v) is 16.5. The van der Waals surface area contributed by atoms with Crippen LogP contribution in [-0.2, 0) is 9.47 Å². The molecule has 0 aromatic carbocycles. The first-order valence-electron chi connectivity index (χ1n) is 9.35. The van der Waals surface area contributed by atoms with Gasteiger partial charge in [-0.25, -0.2) is 0 Å². The quantitative estimate of drug-likeness (QED) is 0.448. The van der Waals surface area contributed by atoms with Crippen LogP contribution in [0.1, 0.15) is 79.6 Å². The number of hydrogen-bond donors (Lipinski definition) is 2. The zero-order valence-electron chi connectivity index (χ0n) is 16.5. The Hall–Kier alpha value is -0.160. The van der Waals surface area contributed by atoms with Crippen molar-refractivity contribution < 1.29 is 9.47 Å². The average molecular weight is 331 g/mol. The normalized spacial score (nSPS) is 14.2. The molecule has 0 aliphatic rings. The average Bonchev–Trinajstić information content (AvgIpc) is 2.42. The van der Waals surface area contributed by atoms with E-state index < -0.39 is 0 Å². The molecule has 0 spiro atoms. The van der Waals surface area contributed by atoms with Crippen molar-refractivity contribution in [3.63, 3.8) is 0 Å². The topological polar surface area (TPSA) is 56.5 Å². The molecule has 0 radical (unpaired) electrons. The fraction of sp³-hybridized carbons (Fsp3) is 1.00. The standard InChI is InChI=1S/C19H42N2O2/c1-17(22-15-8-7-14-21-6)11-9-16-23-19(4,5)13-10-12-18(2,3)20/h17,21H,7-16,20H2,1-6H3. The van der Waals surface area contributed by atoms with E-state index in [1.807, 2.05) is 7.05 Å². The fourth-order valence-corrected chi connectivity index (χ4v) is 2.53. The monoisotopic (exact) mass is 330 g/mol. The van der Waals surface area contributed by atoms with Gasteiger partial charge in [-0.3, -0.25) is 0 Å². The van der Waals surface area contributed by atoms with Gasteiger partial charge in [0, 0.05) is 18.8 Å². The van der Waals surface area contributed by atoms with E-state index >= 15 is 0 Å². The lowest BCUT2D eigenvalue weighted by atomic mass is 9.93. The number of rotatable bonds is 15. The summed E-state index contributed by atoms with van der Waals surface area (Å²) >= 11 is 0. The Labute approximate surface area is 144 Å². The van der Waals surface area contributed by atoms with Crippen LogP contribution in [0, 0.1) is 0 Å². The van der Waals surface area contributed by atoms with Crippen LogP contribution in [0.4, 0.5) is 0 Å². The maximum atomic E-state index is 6.05. The van der Waals surface area contributed by atoms with Gasteiger partial charge in [0.15, 0.2) is 0 Å². The molecule has 0 amide bonds. The molecule has 0 heterocycles. The molecule has 0 saturated carbocycles. The Morgan fingerprint density at radius 2 is 1.65 bits per heavy atom. The molecule has 0 fully saturated rings. The Balaban J connectivity index is 3.60. The van der Waals surface area contributed by atoms with Gasteiger partial charge in [-0.15, -0.1) is 0 Å². The second-order valence-electron chi connectivity index (χ2n) is 8.08. The van der Waals surface area contributed by atoms with E-state index in [-0.39, 0.29) is 11.1 Å². The van der Waals surface area contributed by atoms with Crippen molar-refractivity contribution >= 4 is 0 Å². The molecule has 1 atom stereocenters. The summed E-state index contributed by atoms with van der Waals surface area (Å²) in [4.78, 5) is 0. The molecular weight excluding hydrogens is 288 g/mol. The Kier molecular flexibility index (Phi) is 12.2. The zero-order chi connectivity index (χ0) is 17.8. The van der Waals surface area contributed by atoms with Crippen molar-refractivity contribution in [2.24, 2.45) is 5.73 Å². The Morgan fingerprint density at radius 3 is 2.26 bits per heavy atom. The molecule has 0 saturated heterocycles. The van der Waals surface area contributed by atoms with Crippen LogP contribution in [0.25, 0.3) is 0 Å². The van der Waals surface area contributed by atoms with E-state index in [9.17, 15) is 0 Å². The number of ether oxygens (including phenoxy) is 2. The molecule has 140 valence electrons. The van der Waals surface area contributed by atoms with Gasteiger partial charge in [-0.2, -0.15) is 0 Å². The molecule has 4 heteroatoms. The lowest BCUT2D eigenvalue weighted by molar-refractivity contribution is -0.0327. The number of nitrogens with one attached hydrogen (secondary N) is 1. The molecule has 0 aromatic rings. The third kappa shape index (κ3) is 16.5. The van der Waals surface area contributed by atoms with Gasteiger partial charge in [0.1, 0.15) is 0 Å². The number of unbranched alkanes of at least 4 members (excludes halogenated alkanes) is 1. The van der Waals surface area contributed by atoms with Crippen LogP contribution in [0.5, 0.6) is 0 Å². The minimum atomic E-state index is -0.0734. The first-order chi connectivity index (χ1) is 10.7. The van der Waals surface area contributed by atoms with Crippen LogP contribution < -0.4 is 11.1 Å². The summed E-state index contributed by atoms with van der Waals surface area (Å²) in [6, 6.07) is 0. The first kappa shape index (κ1) is 22.8. The molecule has 0 aliphatic heterocycles. The lowest BCUT2D eigenvalue weighted by Crippen LogP contribution is -2.33. The van der Waals surface area contributed by atoms with Crippen LogP contribution in [0.2, 0.25) is 0 Å². The van der Waals surface area contributed by atoms with E-state index in [2.05, 4.69) is 39.9 Å². The van der Waals surface area contributed by atoms with Gasteiger partial charge >= 0.3 is 0 Å². The molecule has 0 aliphatic carbocycles. The van der Waals surface area contributed by atoms with Gasteiger partial charge < -0.3 is 20.5 Å². The summed E-state index contributed by atoms with van der Waals surface area (Å²) in [5.41, 5.74) is 5.90. The minimum Gasteiger partial charge on any atom is -0.379 e. The Bertz CT molecular complexity index is 275. The van der Waals surface area contributed by atoms with Crippen LogP contribution in [0.15, 0.2) is 0 Å². The highest BCUT2D eigenvalue weighted by molar-refractivity contribution is 4.75. The van der Waals surface area contributed by atoms with E-state index in [1.54, 1.807) is 0 Å². The van der Waals surface area contributed by atoms with Crippen LogP contribution >= 0.6 is 0 Å². The van der Waals surface area contributed by atoms with Crippen molar-refractivity contribution in [3.05, 3.63) is 0 Å². The van der Waals surface area contributed by atoms with Crippen molar-refractivity contribution in [2.45, 2.75) is 96.8 Å². The number of hydrogen-bond acceptors (Lipinski definition) is 4. The van der Waals surface area contributed by atoms with Gasteiger partial charge in [0.25, 0.3) is 0 Å². The molecule has 1 unspecified atom stereocenters. The molecule has 3 N–H and O–H groups in total. The maximum Gasteiger partial charge on any atom is 0.0626 e. The lowest BCUT2D eigenvalue weighted by Gasteiger charge is -2.27. The van der Waals surface area contributed by atoms with Crippen LogP contribution in [-0.4, -0.2) is 44.1 Å². The van der Waals surface area contributed by atoms with Crippen LogP contribution in [0.3, 0.4) is 0 Å². The first-order valence-corrected chi connectivity index (χ1v) is 9.35. The molecule has 0 rings (SSSR count). The van der Waals surface area contributed by atoms with E-state index in [0.29, 0.717) is 6.10 Å². The van der Waals surface area contributed by atoms with Gasteiger partial charge in [-0.1, -0.05) is 0 Å². The molecule has 4 nitrogen and oxygen atoms in total. The van der Waals surface area contributed by atoms with E-state index in [4.69, 9.17) is 15.2 Å². The Morgan fingerprint density at radius 1 is 0.957 bits per heavy atom. The van der Waals surface area contributed by atoms with Gasteiger partial charge in [-0.05, 0) is 93.2 Å². The SMILES string of the molecule is CNCCCCOC(C)CCCOC(C)(C)CCCC(C)(C)N. The highest BCUT2D eigenvalue weighted by Crippen LogP contribution is 2.21. The predicted molar refractivity (Wildman–Crippen MR) is 100.0 cm³/mol. The summed E-state index contributed by atoms with van der Waals surface area (Å²) in [7, 11) is 1.99. The maximum absolute atomic E-state index is 6.05. The van der Waals surface area contributed by atoms with Gasteiger partial charge in [0.2, 0.25) is 0 Å².